The first-order chi connectivity index (χ1) is 11.4. The molecule has 2 unspecified atom stereocenters. The number of hydrogen-bond donors (Lipinski definition) is 1. The molecular formula is C17H21NO5S. The molecule has 1 N–H and O–H groups in total. The first-order valence-corrected chi connectivity index (χ1v) is 8.39. The lowest BCUT2D eigenvalue weighted by Crippen LogP contribution is -2.35. The molecule has 2 rings (SSSR count). The fourth-order valence-corrected chi connectivity index (χ4v) is 3.87. The second-order valence-electron chi connectivity index (χ2n) is 5.62. The fraction of sp³-hybridized carbons (Fsp3) is 0.471. The Morgan fingerprint density at radius 1 is 1.25 bits per heavy atom. The Hall–Kier alpha value is -1.99. The third-order valence-corrected chi connectivity index (χ3v) is 4.99. The van der Waals surface area contributed by atoms with Gasteiger partial charge in [0.15, 0.2) is 0 Å². The highest BCUT2D eigenvalue weighted by molar-refractivity contribution is 7.12. The number of carboxylic acids is 1. The van der Waals surface area contributed by atoms with Crippen molar-refractivity contribution in [2.75, 3.05) is 20.3 Å². The fourth-order valence-electron chi connectivity index (χ4n) is 2.85. The van der Waals surface area contributed by atoms with Crippen molar-refractivity contribution in [3.8, 4) is 0 Å². The number of methoxy groups -OCH3 is 1. The third kappa shape index (κ3) is 3.73. The number of carbonyl (C=O) groups is 2. The lowest BCUT2D eigenvalue weighted by molar-refractivity contribution is -0.141. The molecule has 1 aliphatic heterocycles. The van der Waals surface area contributed by atoms with Gasteiger partial charge in [-0.1, -0.05) is 0 Å². The van der Waals surface area contributed by atoms with Crippen LogP contribution in [0.1, 0.15) is 29.5 Å². The average Bonchev–Trinajstić information content (AvgIpc) is 2.92. The van der Waals surface area contributed by atoms with Crippen molar-refractivity contribution in [3.05, 3.63) is 33.2 Å². The maximum atomic E-state index is 12.6. The standard InChI is InChI=1S/C17H21NO5S/c1-9-5-6-12(24-9)15-13(16(19)20)10(2)18-11(3)14(15)17(21)23-8-7-22-4/h5-6,13,15H,7-8H2,1-4H3,(H,19,20). The van der Waals surface area contributed by atoms with Gasteiger partial charge in [0, 0.05) is 34.2 Å². The van der Waals surface area contributed by atoms with Crippen LogP contribution in [0.25, 0.3) is 0 Å². The normalized spacial score (nSPS) is 20.8. The Morgan fingerprint density at radius 3 is 2.50 bits per heavy atom. The van der Waals surface area contributed by atoms with E-state index in [0.717, 1.165) is 9.75 Å². The molecule has 0 fully saturated rings. The molecule has 1 aliphatic rings. The average molecular weight is 351 g/mol. The number of rotatable bonds is 6. The number of carboxylic acid groups (broad SMARTS) is 1. The van der Waals surface area contributed by atoms with E-state index in [1.807, 2.05) is 19.1 Å². The SMILES string of the molecule is COCCOC(=O)C1=C(C)N=C(C)C(C(=O)O)C1c1ccc(C)s1. The van der Waals surface area contributed by atoms with Crippen LogP contribution in [0.15, 0.2) is 28.4 Å². The van der Waals surface area contributed by atoms with Crippen molar-refractivity contribution in [2.45, 2.75) is 26.7 Å². The summed E-state index contributed by atoms with van der Waals surface area (Å²) in [7, 11) is 1.52. The smallest absolute Gasteiger partial charge is 0.336 e. The topological polar surface area (TPSA) is 85.2 Å². The number of aryl methyl sites for hydroxylation is 1. The molecule has 2 atom stereocenters. The second kappa shape index (κ2) is 7.72. The predicted molar refractivity (Wildman–Crippen MR) is 91.6 cm³/mol. The molecule has 24 heavy (non-hydrogen) atoms. The van der Waals surface area contributed by atoms with Gasteiger partial charge in [-0.15, -0.1) is 11.3 Å². The quantitative estimate of drug-likeness (QED) is 0.629. The van der Waals surface area contributed by atoms with Crippen LogP contribution in [0.4, 0.5) is 0 Å². The van der Waals surface area contributed by atoms with Gasteiger partial charge in [0.2, 0.25) is 0 Å². The highest BCUT2D eigenvalue weighted by Gasteiger charge is 2.42. The van der Waals surface area contributed by atoms with Gasteiger partial charge in [-0.2, -0.15) is 0 Å². The van der Waals surface area contributed by atoms with Crippen LogP contribution < -0.4 is 0 Å². The summed E-state index contributed by atoms with van der Waals surface area (Å²) >= 11 is 1.48. The largest absolute Gasteiger partial charge is 0.481 e. The summed E-state index contributed by atoms with van der Waals surface area (Å²) < 4.78 is 10.1. The zero-order chi connectivity index (χ0) is 17.9. The summed E-state index contributed by atoms with van der Waals surface area (Å²) in [6.07, 6.45) is 0. The monoisotopic (exact) mass is 351 g/mol. The zero-order valence-corrected chi connectivity index (χ0v) is 15.0. The Balaban J connectivity index is 2.47. The van der Waals surface area contributed by atoms with E-state index in [4.69, 9.17) is 9.47 Å². The van der Waals surface area contributed by atoms with E-state index in [2.05, 4.69) is 4.99 Å². The van der Waals surface area contributed by atoms with E-state index in [-0.39, 0.29) is 13.2 Å². The Labute approximate surface area is 144 Å². The predicted octanol–water partition coefficient (Wildman–Crippen LogP) is 2.78. The summed E-state index contributed by atoms with van der Waals surface area (Å²) in [5.41, 5.74) is 1.30. The molecule has 7 heteroatoms. The number of nitrogens with zero attached hydrogens (tertiary/aromatic N) is 1. The van der Waals surface area contributed by atoms with Gasteiger partial charge in [0.1, 0.15) is 12.5 Å². The van der Waals surface area contributed by atoms with Crippen LogP contribution in [0.3, 0.4) is 0 Å². The molecule has 2 heterocycles. The summed E-state index contributed by atoms with van der Waals surface area (Å²) in [6.45, 7) is 5.74. The second-order valence-corrected chi connectivity index (χ2v) is 6.94. The molecular weight excluding hydrogens is 330 g/mol. The Morgan fingerprint density at radius 2 is 1.96 bits per heavy atom. The van der Waals surface area contributed by atoms with E-state index < -0.39 is 23.8 Å². The summed E-state index contributed by atoms with van der Waals surface area (Å²) in [6, 6.07) is 3.79. The minimum absolute atomic E-state index is 0.114. The minimum Gasteiger partial charge on any atom is -0.481 e. The van der Waals surface area contributed by atoms with Gasteiger partial charge in [0.05, 0.1) is 12.2 Å². The number of ether oxygens (including phenoxy) is 2. The molecule has 0 aromatic carbocycles. The van der Waals surface area contributed by atoms with Crippen LogP contribution in [-0.4, -0.2) is 43.1 Å². The van der Waals surface area contributed by atoms with Crippen molar-refractivity contribution in [1.82, 2.24) is 0 Å². The zero-order valence-electron chi connectivity index (χ0n) is 14.2. The number of esters is 1. The highest BCUT2D eigenvalue weighted by Crippen LogP contribution is 2.42. The van der Waals surface area contributed by atoms with E-state index in [9.17, 15) is 14.7 Å². The van der Waals surface area contributed by atoms with E-state index >= 15 is 0 Å². The van der Waals surface area contributed by atoms with E-state index in [0.29, 0.717) is 17.0 Å². The lowest BCUT2D eigenvalue weighted by atomic mass is 9.79. The van der Waals surface area contributed by atoms with E-state index in [1.54, 1.807) is 13.8 Å². The van der Waals surface area contributed by atoms with Gasteiger partial charge in [0.25, 0.3) is 0 Å². The maximum Gasteiger partial charge on any atom is 0.336 e. The molecule has 6 nitrogen and oxygen atoms in total. The van der Waals surface area contributed by atoms with Gasteiger partial charge < -0.3 is 14.6 Å². The molecule has 0 bridgehead atoms. The van der Waals surface area contributed by atoms with Crippen LogP contribution >= 0.6 is 11.3 Å². The number of aliphatic carboxylic acids is 1. The minimum atomic E-state index is -0.998. The van der Waals surface area contributed by atoms with Gasteiger partial charge in [-0.05, 0) is 32.9 Å². The van der Waals surface area contributed by atoms with Crippen molar-refractivity contribution >= 4 is 29.0 Å². The van der Waals surface area contributed by atoms with Crippen LogP contribution in [0, 0.1) is 12.8 Å². The first kappa shape index (κ1) is 18.4. The molecule has 0 aliphatic carbocycles. The van der Waals surface area contributed by atoms with Crippen LogP contribution in [0.2, 0.25) is 0 Å². The van der Waals surface area contributed by atoms with Crippen molar-refractivity contribution in [2.24, 2.45) is 10.9 Å². The number of carbonyl (C=O) groups excluding carboxylic acids is 1. The molecule has 130 valence electrons. The molecule has 0 amide bonds. The number of aliphatic imine (C=N–C) groups is 1. The molecule has 0 spiro atoms. The Kier molecular flexibility index (Phi) is 5.90. The van der Waals surface area contributed by atoms with Crippen molar-refractivity contribution in [1.29, 1.82) is 0 Å². The number of thiophene rings is 1. The molecule has 0 saturated carbocycles. The third-order valence-electron chi connectivity index (χ3n) is 3.90. The lowest BCUT2D eigenvalue weighted by Gasteiger charge is -2.29. The highest BCUT2D eigenvalue weighted by atomic mass is 32.1. The van der Waals surface area contributed by atoms with Gasteiger partial charge in [-0.25, -0.2) is 4.79 Å². The van der Waals surface area contributed by atoms with Crippen molar-refractivity contribution < 1.29 is 24.2 Å². The molecule has 1 aromatic heterocycles. The summed E-state index contributed by atoms with van der Waals surface area (Å²) in [5.74, 6) is -3.00. The maximum absolute atomic E-state index is 12.6. The Bertz CT molecular complexity index is 704. The summed E-state index contributed by atoms with van der Waals surface area (Å²) in [5, 5.41) is 9.68. The van der Waals surface area contributed by atoms with Crippen molar-refractivity contribution in [3.63, 3.8) is 0 Å². The molecule has 0 radical (unpaired) electrons. The molecule has 0 saturated heterocycles. The summed E-state index contributed by atoms with van der Waals surface area (Å²) in [4.78, 5) is 30.5. The van der Waals surface area contributed by atoms with Crippen LogP contribution in [0.5, 0.6) is 0 Å². The van der Waals surface area contributed by atoms with Crippen LogP contribution in [-0.2, 0) is 19.1 Å². The van der Waals surface area contributed by atoms with E-state index in [1.165, 1.54) is 18.4 Å². The van der Waals surface area contributed by atoms with Gasteiger partial charge in [-0.3, -0.25) is 9.79 Å². The first-order valence-electron chi connectivity index (χ1n) is 7.58. The van der Waals surface area contributed by atoms with Gasteiger partial charge >= 0.3 is 11.9 Å². The number of hydrogen-bond acceptors (Lipinski definition) is 6. The number of allylic oxidation sites excluding steroid dienone is 1. The molecule has 1 aromatic rings.